The zero-order chi connectivity index (χ0) is 18.8. The number of rotatable bonds is 7. The second kappa shape index (κ2) is 7.33. The fourth-order valence-electron chi connectivity index (χ4n) is 2.81. The van der Waals surface area contributed by atoms with Gasteiger partial charge in [0.05, 0.1) is 31.2 Å². The van der Waals surface area contributed by atoms with Crippen LogP contribution in [0.15, 0.2) is 36.9 Å². The number of nitrogens with zero attached hydrogens (tertiary/aromatic N) is 2. The van der Waals surface area contributed by atoms with E-state index in [1.54, 1.807) is 13.3 Å². The van der Waals surface area contributed by atoms with Crippen LogP contribution in [0.3, 0.4) is 0 Å². The van der Waals surface area contributed by atoms with E-state index in [1.165, 1.54) is 0 Å². The number of aryl methyl sites for hydroxylation is 1. The minimum atomic E-state index is -0.482. The minimum Gasteiger partial charge on any atom is -0.497 e. The predicted molar refractivity (Wildman–Crippen MR) is 101 cm³/mol. The highest BCUT2D eigenvalue weighted by atomic mass is 16.7. The number of methoxy groups -OCH3 is 1. The third kappa shape index (κ3) is 3.89. The molecular weight excluding hydrogens is 331 g/mol. The van der Waals surface area contributed by atoms with Gasteiger partial charge >= 0.3 is 7.12 Å². The average molecular weight is 358 g/mol. The molecule has 0 amide bonds. The van der Waals surface area contributed by atoms with E-state index < -0.39 is 18.3 Å². The molecule has 7 heteroatoms. The zero-order valence-electron chi connectivity index (χ0n) is 16.2. The summed E-state index contributed by atoms with van der Waals surface area (Å²) in [6.07, 6.45) is 6.43. The Bertz CT molecular complexity index is 715. The Morgan fingerprint density at radius 2 is 1.88 bits per heavy atom. The maximum Gasteiger partial charge on any atom is 0.498 e. The van der Waals surface area contributed by atoms with Crippen LogP contribution in [0.25, 0.3) is 0 Å². The first kappa shape index (κ1) is 18.8. The third-order valence-electron chi connectivity index (χ3n) is 5.10. The molecule has 6 nitrogen and oxygen atoms in total. The first-order valence-corrected chi connectivity index (χ1v) is 8.94. The van der Waals surface area contributed by atoms with Crippen molar-refractivity contribution < 1.29 is 18.8 Å². The van der Waals surface area contributed by atoms with Crippen molar-refractivity contribution in [3.8, 4) is 11.5 Å². The molecule has 0 atom stereocenters. The molecule has 0 aliphatic carbocycles. The van der Waals surface area contributed by atoms with Crippen molar-refractivity contribution in [2.75, 3.05) is 13.7 Å². The fraction of sp³-hybridized carbons (Fsp3) is 0.526. The van der Waals surface area contributed by atoms with E-state index in [1.807, 2.05) is 63.0 Å². The summed E-state index contributed by atoms with van der Waals surface area (Å²) in [7, 11) is 1.17. The highest BCUT2D eigenvalue weighted by Gasteiger charge is 2.52. The van der Waals surface area contributed by atoms with E-state index in [9.17, 15) is 0 Å². The van der Waals surface area contributed by atoms with Crippen LogP contribution in [0.2, 0.25) is 0 Å². The lowest BCUT2D eigenvalue weighted by Gasteiger charge is -2.32. The maximum atomic E-state index is 6.15. The minimum absolute atomic E-state index is 0.398. The molecule has 2 aromatic rings. The Labute approximate surface area is 155 Å². The summed E-state index contributed by atoms with van der Waals surface area (Å²) >= 11 is 0. The molecule has 0 radical (unpaired) electrons. The van der Waals surface area contributed by atoms with Crippen LogP contribution >= 0.6 is 0 Å². The highest BCUT2D eigenvalue weighted by molar-refractivity contribution is 6.63. The van der Waals surface area contributed by atoms with Crippen molar-refractivity contribution in [1.82, 2.24) is 9.55 Å². The molecule has 0 bridgehead atoms. The van der Waals surface area contributed by atoms with E-state index in [0.29, 0.717) is 6.61 Å². The molecule has 1 fully saturated rings. The van der Waals surface area contributed by atoms with Gasteiger partial charge in [-0.2, -0.15) is 0 Å². The fourth-order valence-corrected chi connectivity index (χ4v) is 2.81. The van der Waals surface area contributed by atoms with Gasteiger partial charge in [-0.1, -0.05) is 0 Å². The van der Waals surface area contributed by atoms with Crippen LogP contribution < -0.4 is 14.9 Å². The van der Waals surface area contributed by atoms with E-state index in [0.717, 1.165) is 29.9 Å². The van der Waals surface area contributed by atoms with Crippen molar-refractivity contribution in [1.29, 1.82) is 0 Å². The average Bonchev–Trinajstić information content (AvgIpc) is 3.17. The molecule has 0 unspecified atom stereocenters. The topological polar surface area (TPSA) is 54.7 Å². The lowest BCUT2D eigenvalue weighted by molar-refractivity contribution is 0.00578. The maximum absolute atomic E-state index is 6.15. The first-order valence-electron chi connectivity index (χ1n) is 8.94. The Kier molecular flexibility index (Phi) is 5.30. The molecule has 140 valence electrons. The van der Waals surface area contributed by atoms with E-state index in [-0.39, 0.29) is 0 Å². The highest BCUT2D eigenvalue weighted by Crippen LogP contribution is 2.37. The lowest BCUT2D eigenvalue weighted by Crippen LogP contribution is -2.41. The quantitative estimate of drug-likeness (QED) is 0.563. The number of benzene rings is 1. The van der Waals surface area contributed by atoms with E-state index in [2.05, 4.69) is 4.98 Å². The summed E-state index contributed by atoms with van der Waals surface area (Å²) in [5.74, 6) is 1.51. The van der Waals surface area contributed by atoms with Crippen LogP contribution in [-0.2, 0) is 15.9 Å². The Morgan fingerprint density at radius 3 is 2.50 bits per heavy atom. The van der Waals surface area contributed by atoms with Gasteiger partial charge in [0.2, 0.25) is 0 Å². The summed E-state index contributed by atoms with van der Waals surface area (Å²) in [6.45, 7) is 9.64. The van der Waals surface area contributed by atoms with Gasteiger partial charge < -0.3 is 23.3 Å². The second-order valence-corrected chi connectivity index (χ2v) is 7.49. The van der Waals surface area contributed by atoms with Gasteiger partial charge in [0.15, 0.2) is 0 Å². The van der Waals surface area contributed by atoms with E-state index >= 15 is 0 Å². The number of hydrogen-bond donors (Lipinski definition) is 0. The van der Waals surface area contributed by atoms with Gasteiger partial charge in [0.1, 0.15) is 11.5 Å². The van der Waals surface area contributed by atoms with Crippen LogP contribution in [0.1, 0.15) is 34.1 Å². The summed E-state index contributed by atoms with van der Waals surface area (Å²) < 4.78 is 25.7. The molecule has 1 aromatic heterocycles. The van der Waals surface area contributed by atoms with E-state index in [4.69, 9.17) is 18.8 Å². The van der Waals surface area contributed by atoms with Crippen molar-refractivity contribution in [3.63, 3.8) is 0 Å². The van der Waals surface area contributed by atoms with Gasteiger partial charge in [0, 0.05) is 24.4 Å². The van der Waals surface area contributed by atoms with Crippen LogP contribution in [-0.4, -0.2) is 41.6 Å². The number of hydrogen-bond acceptors (Lipinski definition) is 5. The largest absolute Gasteiger partial charge is 0.498 e. The summed E-state index contributed by atoms with van der Waals surface area (Å²) in [5.41, 5.74) is 0.0487. The van der Waals surface area contributed by atoms with Gasteiger partial charge in [-0.15, -0.1) is 0 Å². The molecule has 2 heterocycles. The van der Waals surface area contributed by atoms with Crippen LogP contribution in [0.5, 0.6) is 11.5 Å². The molecule has 0 spiro atoms. The molecular formula is C19H27BN2O4. The zero-order valence-corrected chi connectivity index (χ0v) is 16.2. The number of aromatic nitrogens is 2. The first-order chi connectivity index (χ1) is 12.3. The summed E-state index contributed by atoms with van der Waals surface area (Å²) in [6, 6.07) is 5.74. The molecule has 0 N–H and O–H groups in total. The summed E-state index contributed by atoms with van der Waals surface area (Å²) in [4.78, 5) is 4.04. The molecule has 0 saturated carbocycles. The Morgan fingerprint density at radius 1 is 1.15 bits per heavy atom. The van der Waals surface area contributed by atoms with Crippen molar-refractivity contribution in [2.45, 2.75) is 51.9 Å². The van der Waals surface area contributed by atoms with Crippen molar-refractivity contribution >= 4 is 12.6 Å². The molecule has 3 rings (SSSR count). The van der Waals surface area contributed by atoms with Crippen molar-refractivity contribution in [2.24, 2.45) is 0 Å². The van der Waals surface area contributed by atoms with Gasteiger partial charge in [0.25, 0.3) is 0 Å². The van der Waals surface area contributed by atoms with Gasteiger partial charge in [-0.3, -0.25) is 0 Å². The lowest BCUT2D eigenvalue weighted by atomic mass is 9.78. The van der Waals surface area contributed by atoms with Gasteiger partial charge in [-0.05, 0) is 52.3 Å². The van der Waals surface area contributed by atoms with Crippen LogP contribution in [0, 0.1) is 0 Å². The molecule has 1 aliphatic heterocycles. The Balaban J connectivity index is 1.67. The standard InChI is InChI=1S/C19H27BN2O4/c1-18(2)19(3,4)26-20(25-18)16-13-15(7-8-17(16)23-5)24-12-6-10-22-11-9-21-14-22/h7-9,11,13-14H,6,10,12H2,1-5H3. The Hall–Kier alpha value is -1.99. The van der Waals surface area contributed by atoms with Gasteiger partial charge in [-0.25, -0.2) is 4.98 Å². The SMILES string of the molecule is COc1ccc(OCCCn2ccnc2)cc1B1OC(C)(C)C(C)(C)O1. The van der Waals surface area contributed by atoms with Crippen molar-refractivity contribution in [3.05, 3.63) is 36.9 Å². The second-order valence-electron chi connectivity index (χ2n) is 7.49. The number of ether oxygens (including phenoxy) is 2. The normalized spacial score (nSPS) is 18.1. The number of imidazole rings is 1. The third-order valence-corrected chi connectivity index (χ3v) is 5.10. The molecule has 1 saturated heterocycles. The predicted octanol–water partition coefficient (Wildman–Crippen LogP) is 2.66. The smallest absolute Gasteiger partial charge is 0.497 e. The van der Waals surface area contributed by atoms with Crippen LogP contribution in [0.4, 0.5) is 0 Å². The molecule has 1 aromatic carbocycles. The monoisotopic (exact) mass is 358 g/mol. The molecule has 26 heavy (non-hydrogen) atoms. The molecule has 1 aliphatic rings. The summed E-state index contributed by atoms with van der Waals surface area (Å²) in [5, 5.41) is 0.